The van der Waals surface area contributed by atoms with Crippen LogP contribution in [0.15, 0.2) is 91.0 Å². The molecule has 250 valence electrons. The van der Waals surface area contributed by atoms with Gasteiger partial charge in [0.25, 0.3) is 0 Å². The number of halogens is 7. The molecular formula is C18H27F6IO12P6. The van der Waals surface area contributed by atoms with Gasteiger partial charge in [0, 0.05) is 0 Å². The molecule has 0 radical (unpaired) electrons. The fourth-order valence-electron chi connectivity index (χ4n) is 2.00. The van der Waals surface area contributed by atoms with E-state index in [-0.39, 0.29) is 0 Å². The topological polar surface area (TPSA) is 224 Å². The van der Waals surface area contributed by atoms with Gasteiger partial charge in [-0.3, -0.25) is 27.4 Å². The summed E-state index contributed by atoms with van der Waals surface area (Å²) in [6, 6.07) is 32.8. The van der Waals surface area contributed by atoms with Gasteiger partial charge in [0.2, 0.25) is 0 Å². The van der Waals surface area contributed by atoms with Crippen LogP contribution in [0.4, 0.5) is 25.2 Å². The Balaban J connectivity index is -0.000000261. The van der Waals surface area contributed by atoms with Crippen LogP contribution in [0.3, 0.4) is 0 Å². The molecular weight excluding hydrogens is 835 g/mol. The molecule has 0 fully saturated rings. The van der Waals surface area contributed by atoms with Crippen molar-refractivity contribution in [3.05, 3.63) is 102 Å². The van der Waals surface area contributed by atoms with E-state index in [4.69, 9.17) is 56.8 Å². The molecule has 0 saturated heterocycles. The van der Waals surface area contributed by atoms with Crippen molar-refractivity contribution in [3.8, 4) is 0 Å². The van der Waals surface area contributed by atoms with Crippen molar-refractivity contribution in [1.82, 2.24) is 0 Å². The SMILES string of the molecule is O=[PH](O)F.O=[PH](O)F.O=[PH](O)F.O=[PH](O)F.O=[PH](O)F.O=[PH](O)F.c1ccc(I(c2ccccc2)c2ccccc2)cc1. The Morgan fingerprint density at radius 1 is 0.349 bits per heavy atom. The van der Waals surface area contributed by atoms with Crippen LogP contribution >= 0.6 is 69.9 Å². The summed E-state index contributed by atoms with van der Waals surface area (Å²) in [6.07, 6.45) is 0. The van der Waals surface area contributed by atoms with Crippen molar-refractivity contribution >= 4 is 69.9 Å². The predicted molar refractivity (Wildman–Crippen MR) is 163 cm³/mol. The Morgan fingerprint density at radius 2 is 0.465 bits per heavy atom. The van der Waals surface area contributed by atoms with E-state index in [0.29, 0.717) is 0 Å². The summed E-state index contributed by atoms with van der Waals surface area (Å²) in [6.45, 7) is 0. The Bertz CT molecular complexity index is 1020. The average molecular weight is 862 g/mol. The molecule has 12 nitrogen and oxygen atoms in total. The Morgan fingerprint density at radius 3 is 0.581 bits per heavy atom. The molecule has 0 amide bonds. The van der Waals surface area contributed by atoms with Crippen LogP contribution in [0.1, 0.15) is 0 Å². The molecule has 0 aliphatic carbocycles. The zero-order valence-corrected chi connectivity index (χ0v) is 29.1. The summed E-state index contributed by atoms with van der Waals surface area (Å²) in [5.41, 5.74) is 0. The van der Waals surface area contributed by atoms with Gasteiger partial charge in [-0.05, 0) is 0 Å². The zero-order valence-electron chi connectivity index (χ0n) is 20.9. The second-order valence-electron chi connectivity index (χ2n) is 5.69. The second-order valence-corrected chi connectivity index (χ2v) is 14.1. The summed E-state index contributed by atoms with van der Waals surface area (Å²) < 4.78 is 116. The third-order valence-electron chi connectivity index (χ3n) is 2.85. The van der Waals surface area contributed by atoms with Crippen molar-refractivity contribution < 1.29 is 81.9 Å². The van der Waals surface area contributed by atoms with E-state index in [2.05, 4.69) is 91.0 Å². The summed E-state index contributed by atoms with van der Waals surface area (Å²) in [5, 5.41) is 0. The minimum atomic E-state index is -3.63. The van der Waals surface area contributed by atoms with Gasteiger partial charge in [0.1, 0.15) is 0 Å². The summed E-state index contributed by atoms with van der Waals surface area (Å²) >= 11 is -1.52. The van der Waals surface area contributed by atoms with E-state index in [1.54, 1.807) is 0 Å². The van der Waals surface area contributed by atoms with E-state index in [1.165, 1.54) is 10.7 Å². The summed E-state index contributed by atoms with van der Waals surface area (Å²) in [7, 11) is -21.8. The van der Waals surface area contributed by atoms with Crippen molar-refractivity contribution in [1.29, 1.82) is 0 Å². The Labute approximate surface area is 252 Å². The van der Waals surface area contributed by atoms with Crippen LogP contribution in [0.25, 0.3) is 0 Å². The van der Waals surface area contributed by atoms with Crippen LogP contribution in [-0.2, 0) is 27.4 Å². The molecule has 6 N–H and O–H groups in total. The molecule has 3 rings (SSSR count). The normalized spacial score (nSPS) is 13.5. The first-order valence-electron chi connectivity index (χ1n) is 10.00. The molecule has 43 heavy (non-hydrogen) atoms. The molecule has 0 aromatic heterocycles. The first-order valence-corrected chi connectivity index (χ1v) is 20.6. The molecule has 25 heteroatoms. The van der Waals surface area contributed by atoms with Crippen LogP contribution in [-0.4, -0.2) is 29.4 Å². The van der Waals surface area contributed by atoms with E-state index >= 15 is 0 Å². The number of hydrogen-bond donors (Lipinski definition) is 6. The summed E-state index contributed by atoms with van der Waals surface area (Å²) in [4.78, 5) is 41.6. The third kappa shape index (κ3) is 51.0. The van der Waals surface area contributed by atoms with Crippen molar-refractivity contribution in [2.24, 2.45) is 0 Å². The quantitative estimate of drug-likeness (QED) is 0.0879. The minimum absolute atomic E-state index is 1.49. The van der Waals surface area contributed by atoms with Gasteiger partial charge in [0.15, 0.2) is 0 Å². The van der Waals surface area contributed by atoms with Crippen LogP contribution in [0.2, 0.25) is 0 Å². The van der Waals surface area contributed by atoms with Crippen LogP contribution in [0, 0.1) is 10.7 Å². The van der Waals surface area contributed by atoms with Gasteiger partial charge in [-0.1, -0.05) is 0 Å². The first-order chi connectivity index (χ1) is 19.8. The zero-order chi connectivity index (χ0) is 34.4. The van der Waals surface area contributed by atoms with Gasteiger partial charge >= 0.3 is 172 Å². The van der Waals surface area contributed by atoms with Gasteiger partial charge < -0.3 is 29.4 Å². The fraction of sp³-hybridized carbons (Fsp3) is 0. The molecule has 0 spiro atoms. The predicted octanol–water partition coefficient (Wildman–Crippen LogP) is 7.13. The Hall–Kier alpha value is -0.890. The maximum atomic E-state index is 10.1. The molecule has 6 unspecified atom stereocenters. The second kappa shape index (κ2) is 34.0. The summed E-state index contributed by atoms with van der Waals surface area (Å²) in [5.74, 6) is 0. The third-order valence-corrected chi connectivity index (χ3v) is 8.75. The molecule has 0 aliphatic rings. The molecule has 0 heterocycles. The van der Waals surface area contributed by atoms with Crippen molar-refractivity contribution in [2.75, 3.05) is 0 Å². The van der Waals surface area contributed by atoms with Gasteiger partial charge in [-0.2, -0.15) is 25.2 Å². The molecule has 0 aliphatic heterocycles. The van der Waals surface area contributed by atoms with Crippen molar-refractivity contribution in [2.45, 2.75) is 0 Å². The van der Waals surface area contributed by atoms with E-state index < -0.39 is 69.9 Å². The van der Waals surface area contributed by atoms with E-state index in [0.717, 1.165) is 0 Å². The standard InChI is InChI=1S/C18H15I.6FH2O2P/c1-4-10-16(11-5-1)19(17-12-6-2-7-13-17)18-14-8-3-9-15-18;6*1-4(2)3/h1-15H;6*4H,(H,2,3). The van der Waals surface area contributed by atoms with Crippen molar-refractivity contribution in [3.63, 3.8) is 0 Å². The monoisotopic (exact) mass is 862 g/mol. The molecule has 3 aromatic carbocycles. The molecule has 6 atom stereocenters. The van der Waals surface area contributed by atoms with Crippen LogP contribution in [0.5, 0.6) is 0 Å². The molecule has 0 saturated carbocycles. The molecule has 3 aromatic rings. The van der Waals surface area contributed by atoms with E-state index in [1.807, 2.05) is 0 Å². The number of hydrogen-bond acceptors (Lipinski definition) is 6. The maximum absolute atomic E-state index is 10.1. The van der Waals surface area contributed by atoms with Gasteiger partial charge in [0.05, 0.1) is 0 Å². The number of rotatable bonds is 3. The van der Waals surface area contributed by atoms with Crippen LogP contribution < -0.4 is 0 Å². The van der Waals surface area contributed by atoms with Gasteiger partial charge in [-0.15, -0.1) is 0 Å². The Kier molecular flexibility index (Phi) is 38.7. The molecule has 0 bridgehead atoms. The average Bonchev–Trinajstić information content (AvgIpc) is 2.84. The van der Waals surface area contributed by atoms with Gasteiger partial charge in [-0.25, -0.2) is 0 Å². The fourth-order valence-corrected chi connectivity index (χ4v) is 7.56. The first kappa shape index (κ1) is 49.0. The van der Waals surface area contributed by atoms with E-state index in [9.17, 15) is 25.2 Å². The number of benzene rings is 3.